The predicted octanol–water partition coefficient (Wildman–Crippen LogP) is 2.91. The van der Waals surface area contributed by atoms with E-state index in [2.05, 4.69) is 0 Å². The number of phenols is 1. The third-order valence-electron chi connectivity index (χ3n) is 2.31. The molecular weight excluding hydrogens is 236 g/mol. The SMILES string of the molecule is O=C(CC(=O)c1cccs1)c1ccc(O)cc1. The number of ketones is 2. The van der Waals surface area contributed by atoms with Gasteiger partial charge < -0.3 is 5.11 Å². The number of rotatable bonds is 4. The lowest BCUT2D eigenvalue weighted by Crippen LogP contribution is -2.07. The van der Waals surface area contributed by atoms with Crippen LogP contribution < -0.4 is 0 Å². The monoisotopic (exact) mass is 246 g/mol. The fourth-order valence-electron chi connectivity index (χ4n) is 1.42. The van der Waals surface area contributed by atoms with Crippen molar-refractivity contribution in [1.29, 1.82) is 0 Å². The Kier molecular flexibility index (Phi) is 3.35. The quantitative estimate of drug-likeness (QED) is 0.666. The standard InChI is InChI=1S/C13H10O3S/c14-10-5-3-9(4-6-10)11(15)8-12(16)13-2-1-7-17-13/h1-7,14H,8H2. The molecule has 0 aliphatic heterocycles. The Morgan fingerprint density at radius 1 is 1.06 bits per heavy atom. The zero-order chi connectivity index (χ0) is 12.3. The number of carbonyl (C=O) groups is 2. The molecule has 0 spiro atoms. The number of hydrogen-bond donors (Lipinski definition) is 1. The van der Waals surface area contributed by atoms with Crippen LogP contribution in [0.5, 0.6) is 5.75 Å². The predicted molar refractivity (Wildman–Crippen MR) is 65.7 cm³/mol. The van der Waals surface area contributed by atoms with Gasteiger partial charge in [0.15, 0.2) is 11.6 Å². The summed E-state index contributed by atoms with van der Waals surface area (Å²) in [7, 11) is 0. The van der Waals surface area contributed by atoms with Gasteiger partial charge in [0, 0.05) is 5.56 Å². The van der Waals surface area contributed by atoms with Crippen molar-refractivity contribution in [3.63, 3.8) is 0 Å². The van der Waals surface area contributed by atoms with Crippen LogP contribution in [-0.2, 0) is 0 Å². The molecule has 0 fully saturated rings. The summed E-state index contributed by atoms with van der Waals surface area (Å²) in [5, 5.41) is 10.9. The van der Waals surface area contributed by atoms with Crippen molar-refractivity contribution in [2.75, 3.05) is 0 Å². The highest BCUT2D eigenvalue weighted by Gasteiger charge is 2.14. The van der Waals surface area contributed by atoms with E-state index in [9.17, 15) is 9.59 Å². The van der Waals surface area contributed by atoms with Crippen LogP contribution in [0.25, 0.3) is 0 Å². The summed E-state index contributed by atoms with van der Waals surface area (Å²) in [6.45, 7) is 0. The van der Waals surface area contributed by atoms with Gasteiger partial charge in [0.25, 0.3) is 0 Å². The molecule has 0 radical (unpaired) electrons. The Labute approximate surface area is 102 Å². The topological polar surface area (TPSA) is 54.4 Å². The molecule has 17 heavy (non-hydrogen) atoms. The third-order valence-corrected chi connectivity index (χ3v) is 3.22. The summed E-state index contributed by atoms with van der Waals surface area (Å²) < 4.78 is 0. The first-order valence-corrected chi connectivity index (χ1v) is 5.94. The van der Waals surface area contributed by atoms with Crippen LogP contribution in [-0.4, -0.2) is 16.7 Å². The minimum atomic E-state index is -0.233. The number of carbonyl (C=O) groups excluding carboxylic acids is 2. The third kappa shape index (κ3) is 2.79. The molecule has 86 valence electrons. The summed E-state index contributed by atoms with van der Waals surface area (Å²) in [6.07, 6.45) is -0.134. The van der Waals surface area contributed by atoms with Crippen molar-refractivity contribution in [2.45, 2.75) is 6.42 Å². The maximum atomic E-state index is 11.8. The van der Waals surface area contributed by atoms with Gasteiger partial charge in [-0.15, -0.1) is 11.3 Å². The molecular formula is C13H10O3S. The smallest absolute Gasteiger partial charge is 0.180 e. The summed E-state index contributed by atoms with van der Waals surface area (Å²) in [5.41, 5.74) is 0.438. The average molecular weight is 246 g/mol. The van der Waals surface area contributed by atoms with Crippen LogP contribution in [0.3, 0.4) is 0 Å². The second kappa shape index (κ2) is 4.93. The number of Topliss-reactive ketones (excluding diaryl/α,β-unsaturated/α-hetero) is 2. The second-order valence-electron chi connectivity index (χ2n) is 3.55. The molecule has 1 aromatic carbocycles. The number of hydrogen-bond acceptors (Lipinski definition) is 4. The van der Waals surface area contributed by atoms with Gasteiger partial charge in [0.1, 0.15) is 5.75 Å². The van der Waals surface area contributed by atoms with E-state index in [-0.39, 0.29) is 23.7 Å². The molecule has 0 aliphatic carbocycles. The van der Waals surface area contributed by atoms with Crippen LogP contribution in [0.4, 0.5) is 0 Å². The van der Waals surface area contributed by atoms with E-state index in [0.29, 0.717) is 10.4 Å². The molecule has 0 saturated heterocycles. The molecule has 3 nitrogen and oxygen atoms in total. The lowest BCUT2D eigenvalue weighted by atomic mass is 10.1. The molecule has 0 bridgehead atoms. The van der Waals surface area contributed by atoms with E-state index in [1.807, 2.05) is 0 Å². The van der Waals surface area contributed by atoms with Crippen molar-refractivity contribution in [2.24, 2.45) is 0 Å². The minimum Gasteiger partial charge on any atom is -0.508 e. The van der Waals surface area contributed by atoms with Crippen molar-refractivity contribution in [1.82, 2.24) is 0 Å². The summed E-state index contributed by atoms with van der Waals surface area (Å²) in [6, 6.07) is 9.38. The lowest BCUT2D eigenvalue weighted by molar-refractivity contribution is 0.0896. The number of phenolic OH excluding ortho intramolecular Hbond substituents is 1. The van der Waals surface area contributed by atoms with Crippen LogP contribution in [0, 0.1) is 0 Å². The minimum absolute atomic E-state index is 0.103. The molecule has 1 heterocycles. The Bertz CT molecular complexity index is 526. The highest BCUT2D eigenvalue weighted by molar-refractivity contribution is 7.12. The molecule has 0 unspecified atom stereocenters. The Balaban J connectivity index is 2.07. The average Bonchev–Trinajstić information content (AvgIpc) is 2.83. The van der Waals surface area contributed by atoms with E-state index >= 15 is 0 Å². The highest BCUT2D eigenvalue weighted by Crippen LogP contribution is 2.15. The number of thiophene rings is 1. The van der Waals surface area contributed by atoms with Gasteiger partial charge in [0.2, 0.25) is 0 Å². The maximum absolute atomic E-state index is 11.8. The summed E-state index contributed by atoms with van der Waals surface area (Å²) >= 11 is 1.33. The zero-order valence-corrected chi connectivity index (χ0v) is 9.74. The Hall–Kier alpha value is -1.94. The number of benzene rings is 1. The molecule has 1 aromatic heterocycles. The fraction of sp³-hybridized carbons (Fsp3) is 0.0769. The van der Waals surface area contributed by atoms with Gasteiger partial charge >= 0.3 is 0 Å². The maximum Gasteiger partial charge on any atom is 0.180 e. The van der Waals surface area contributed by atoms with Crippen molar-refractivity contribution in [3.8, 4) is 5.75 Å². The Morgan fingerprint density at radius 3 is 2.35 bits per heavy atom. The van der Waals surface area contributed by atoms with Crippen LogP contribution in [0.15, 0.2) is 41.8 Å². The molecule has 0 aliphatic rings. The van der Waals surface area contributed by atoms with Gasteiger partial charge in [-0.2, -0.15) is 0 Å². The fourth-order valence-corrected chi connectivity index (χ4v) is 2.08. The van der Waals surface area contributed by atoms with Crippen LogP contribution in [0.2, 0.25) is 0 Å². The molecule has 0 atom stereocenters. The molecule has 2 aromatic rings. The number of aromatic hydroxyl groups is 1. The van der Waals surface area contributed by atoms with Gasteiger partial charge in [-0.3, -0.25) is 9.59 Å². The molecule has 0 amide bonds. The first-order valence-electron chi connectivity index (χ1n) is 5.06. The normalized spacial score (nSPS) is 10.1. The van der Waals surface area contributed by atoms with E-state index in [1.165, 1.54) is 35.6 Å². The van der Waals surface area contributed by atoms with Gasteiger partial charge in [-0.1, -0.05) is 6.07 Å². The van der Waals surface area contributed by atoms with Gasteiger partial charge in [0.05, 0.1) is 11.3 Å². The van der Waals surface area contributed by atoms with Crippen LogP contribution >= 0.6 is 11.3 Å². The van der Waals surface area contributed by atoms with Gasteiger partial charge in [-0.05, 0) is 35.7 Å². The van der Waals surface area contributed by atoms with E-state index < -0.39 is 0 Å². The van der Waals surface area contributed by atoms with Crippen LogP contribution in [0.1, 0.15) is 26.5 Å². The molecule has 1 N–H and O–H groups in total. The molecule has 0 saturated carbocycles. The largest absolute Gasteiger partial charge is 0.508 e. The highest BCUT2D eigenvalue weighted by atomic mass is 32.1. The lowest BCUT2D eigenvalue weighted by Gasteiger charge is -1.99. The van der Waals surface area contributed by atoms with Gasteiger partial charge in [-0.25, -0.2) is 0 Å². The second-order valence-corrected chi connectivity index (χ2v) is 4.49. The first-order chi connectivity index (χ1) is 8.16. The zero-order valence-electron chi connectivity index (χ0n) is 8.92. The summed E-state index contributed by atoms with van der Waals surface area (Å²) in [4.78, 5) is 24.1. The Morgan fingerprint density at radius 2 is 1.76 bits per heavy atom. The van der Waals surface area contributed by atoms with E-state index in [1.54, 1.807) is 17.5 Å². The van der Waals surface area contributed by atoms with Crippen molar-refractivity contribution in [3.05, 3.63) is 52.2 Å². The van der Waals surface area contributed by atoms with E-state index in [0.717, 1.165) is 0 Å². The van der Waals surface area contributed by atoms with E-state index in [4.69, 9.17) is 5.11 Å². The summed E-state index contributed by atoms with van der Waals surface area (Å²) in [5.74, 6) is -0.299. The molecule has 4 heteroatoms. The molecule has 2 rings (SSSR count). The first kappa shape index (κ1) is 11.5. The van der Waals surface area contributed by atoms with Crippen molar-refractivity contribution >= 4 is 22.9 Å². The van der Waals surface area contributed by atoms with Crippen molar-refractivity contribution < 1.29 is 14.7 Å².